The normalized spacial score (nSPS) is 21.0. The zero-order valence-corrected chi connectivity index (χ0v) is 10.5. The minimum Gasteiger partial charge on any atom is -0.308 e. The maximum atomic E-state index is 11.9. The molecule has 1 N–H and O–H groups in total. The summed E-state index contributed by atoms with van der Waals surface area (Å²) in [5.41, 5.74) is 0. The van der Waals surface area contributed by atoms with E-state index in [4.69, 9.17) is 0 Å². The van der Waals surface area contributed by atoms with Gasteiger partial charge in [-0.25, -0.2) is 0 Å². The molecule has 0 heterocycles. The van der Waals surface area contributed by atoms with E-state index in [2.05, 4.69) is 5.32 Å². The number of hydrogen-bond donors (Lipinski definition) is 1. The van der Waals surface area contributed by atoms with Crippen molar-refractivity contribution in [2.75, 3.05) is 13.1 Å². The average molecular weight is 255 g/mol. The van der Waals surface area contributed by atoms with Crippen molar-refractivity contribution in [2.45, 2.75) is 55.7 Å². The van der Waals surface area contributed by atoms with E-state index < -0.39 is 12.7 Å². The molecule has 0 bridgehead atoms. The van der Waals surface area contributed by atoms with Gasteiger partial charge in [0, 0.05) is 17.0 Å². The van der Waals surface area contributed by atoms with Gasteiger partial charge in [0.05, 0.1) is 6.54 Å². The van der Waals surface area contributed by atoms with Gasteiger partial charge in [0.15, 0.2) is 0 Å². The maximum absolute atomic E-state index is 11.9. The molecule has 1 aliphatic rings. The largest absolute Gasteiger partial charge is 0.401 e. The van der Waals surface area contributed by atoms with Crippen LogP contribution in [0.5, 0.6) is 0 Å². The predicted octanol–water partition coefficient (Wildman–Crippen LogP) is 3.59. The SMILES string of the molecule is CC(CNCC(F)(F)F)SC1CCCCC1. The lowest BCUT2D eigenvalue weighted by Gasteiger charge is -2.24. The number of halogens is 3. The molecule has 0 aliphatic heterocycles. The van der Waals surface area contributed by atoms with Crippen molar-refractivity contribution >= 4 is 11.8 Å². The van der Waals surface area contributed by atoms with Gasteiger partial charge in [-0.3, -0.25) is 0 Å². The first-order chi connectivity index (χ1) is 7.47. The van der Waals surface area contributed by atoms with Crippen molar-refractivity contribution in [3.05, 3.63) is 0 Å². The fraction of sp³-hybridized carbons (Fsp3) is 1.00. The van der Waals surface area contributed by atoms with Gasteiger partial charge in [-0.1, -0.05) is 26.2 Å². The average Bonchev–Trinajstić information content (AvgIpc) is 2.17. The van der Waals surface area contributed by atoms with Crippen LogP contribution in [0.1, 0.15) is 39.0 Å². The van der Waals surface area contributed by atoms with Gasteiger partial charge in [-0.2, -0.15) is 24.9 Å². The highest BCUT2D eigenvalue weighted by Crippen LogP contribution is 2.30. The molecule has 1 atom stereocenters. The first kappa shape index (κ1) is 14.2. The van der Waals surface area contributed by atoms with Gasteiger partial charge in [0.1, 0.15) is 0 Å². The molecule has 0 aromatic carbocycles. The van der Waals surface area contributed by atoms with Gasteiger partial charge in [0.25, 0.3) is 0 Å². The summed E-state index contributed by atoms with van der Waals surface area (Å²) < 4.78 is 35.7. The van der Waals surface area contributed by atoms with Crippen LogP contribution in [0.3, 0.4) is 0 Å². The van der Waals surface area contributed by atoms with Crippen molar-refractivity contribution in [3.8, 4) is 0 Å². The van der Waals surface area contributed by atoms with Crippen LogP contribution in [0.15, 0.2) is 0 Å². The Labute approximate surface area is 99.6 Å². The van der Waals surface area contributed by atoms with E-state index in [1.165, 1.54) is 32.1 Å². The number of alkyl halides is 3. The molecule has 1 aliphatic carbocycles. The molecule has 1 saturated carbocycles. The van der Waals surface area contributed by atoms with Crippen LogP contribution >= 0.6 is 11.8 Å². The van der Waals surface area contributed by atoms with Gasteiger partial charge in [-0.15, -0.1) is 0 Å². The van der Waals surface area contributed by atoms with Crippen molar-refractivity contribution in [1.82, 2.24) is 5.32 Å². The summed E-state index contributed by atoms with van der Waals surface area (Å²) in [5, 5.41) is 3.40. The van der Waals surface area contributed by atoms with Gasteiger partial charge in [-0.05, 0) is 12.8 Å². The molecule has 1 fully saturated rings. The number of hydrogen-bond acceptors (Lipinski definition) is 2. The van der Waals surface area contributed by atoms with E-state index in [9.17, 15) is 13.2 Å². The summed E-state index contributed by atoms with van der Waals surface area (Å²) in [6.07, 6.45) is 2.25. The highest BCUT2D eigenvalue weighted by molar-refractivity contribution is 8.00. The van der Waals surface area contributed by atoms with E-state index in [-0.39, 0.29) is 5.25 Å². The quantitative estimate of drug-likeness (QED) is 0.805. The standard InChI is InChI=1S/C11H20F3NS/c1-9(7-15-8-11(12,13)14)16-10-5-3-2-4-6-10/h9-10,15H,2-8H2,1H3. The lowest BCUT2D eigenvalue weighted by Crippen LogP contribution is -2.33. The molecule has 1 unspecified atom stereocenters. The minimum atomic E-state index is -4.09. The predicted molar refractivity (Wildman–Crippen MR) is 62.9 cm³/mol. The number of thioether (sulfide) groups is 1. The van der Waals surface area contributed by atoms with E-state index in [1.807, 2.05) is 18.7 Å². The molecule has 16 heavy (non-hydrogen) atoms. The molecule has 0 amide bonds. The second kappa shape index (κ2) is 6.74. The molecule has 0 radical (unpaired) electrons. The van der Waals surface area contributed by atoms with Gasteiger partial charge in [0.2, 0.25) is 0 Å². The lowest BCUT2D eigenvalue weighted by molar-refractivity contribution is -0.124. The Balaban J connectivity index is 2.08. The molecule has 1 nitrogen and oxygen atoms in total. The fourth-order valence-electron chi connectivity index (χ4n) is 2.00. The van der Waals surface area contributed by atoms with Crippen LogP contribution in [-0.2, 0) is 0 Å². The summed E-state index contributed by atoms with van der Waals surface area (Å²) in [6.45, 7) is 1.58. The second-order valence-electron chi connectivity index (χ2n) is 4.45. The fourth-order valence-corrected chi connectivity index (χ4v) is 3.47. The van der Waals surface area contributed by atoms with Gasteiger partial charge < -0.3 is 5.32 Å². The van der Waals surface area contributed by atoms with E-state index in [0.717, 1.165) is 0 Å². The third kappa shape index (κ3) is 6.63. The molecule has 1 rings (SSSR count). The Morgan fingerprint density at radius 3 is 2.44 bits per heavy atom. The first-order valence-corrected chi connectivity index (χ1v) is 6.84. The van der Waals surface area contributed by atoms with Crippen LogP contribution in [0.25, 0.3) is 0 Å². The third-order valence-corrected chi connectivity index (χ3v) is 4.22. The topological polar surface area (TPSA) is 12.0 Å². The number of rotatable bonds is 5. The van der Waals surface area contributed by atoms with E-state index >= 15 is 0 Å². The zero-order chi connectivity index (χ0) is 12.0. The first-order valence-electron chi connectivity index (χ1n) is 5.90. The highest BCUT2D eigenvalue weighted by atomic mass is 32.2. The molecular formula is C11H20F3NS. The molecule has 0 aromatic rings. The van der Waals surface area contributed by atoms with Gasteiger partial charge >= 0.3 is 6.18 Å². The Bertz CT molecular complexity index is 190. The summed E-state index contributed by atoms with van der Waals surface area (Å²) in [5.74, 6) is 0. The summed E-state index contributed by atoms with van der Waals surface area (Å²) in [6, 6.07) is 0. The van der Waals surface area contributed by atoms with Crippen LogP contribution in [0, 0.1) is 0 Å². The molecular weight excluding hydrogens is 235 g/mol. The van der Waals surface area contributed by atoms with Crippen molar-refractivity contribution < 1.29 is 13.2 Å². The maximum Gasteiger partial charge on any atom is 0.401 e. The lowest BCUT2D eigenvalue weighted by atomic mass is 10.0. The van der Waals surface area contributed by atoms with Crippen LogP contribution in [-0.4, -0.2) is 29.8 Å². The summed E-state index contributed by atoms with van der Waals surface area (Å²) in [4.78, 5) is 0. The van der Waals surface area contributed by atoms with E-state index in [0.29, 0.717) is 11.8 Å². The molecule has 5 heteroatoms. The molecule has 0 saturated heterocycles. The minimum absolute atomic E-state index is 0.269. The Morgan fingerprint density at radius 2 is 1.88 bits per heavy atom. The Hall–Kier alpha value is 0.100. The summed E-state index contributed by atoms with van der Waals surface area (Å²) >= 11 is 1.84. The third-order valence-electron chi connectivity index (χ3n) is 2.73. The Kier molecular flexibility index (Phi) is 5.97. The monoisotopic (exact) mass is 255 g/mol. The second-order valence-corrected chi connectivity index (χ2v) is 6.20. The number of nitrogens with one attached hydrogen (secondary N) is 1. The molecule has 0 spiro atoms. The zero-order valence-electron chi connectivity index (χ0n) is 9.65. The van der Waals surface area contributed by atoms with Crippen molar-refractivity contribution in [1.29, 1.82) is 0 Å². The van der Waals surface area contributed by atoms with E-state index in [1.54, 1.807) is 0 Å². The summed E-state index contributed by atoms with van der Waals surface area (Å²) in [7, 11) is 0. The van der Waals surface area contributed by atoms with Crippen LogP contribution < -0.4 is 5.32 Å². The van der Waals surface area contributed by atoms with Crippen molar-refractivity contribution in [2.24, 2.45) is 0 Å². The van der Waals surface area contributed by atoms with Crippen molar-refractivity contribution in [3.63, 3.8) is 0 Å². The smallest absolute Gasteiger partial charge is 0.308 e. The Morgan fingerprint density at radius 1 is 1.25 bits per heavy atom. The molecule has 96 valence electrons. The van der Waals surface area contributed by atoms with Crippen LogP contribution in [0.4, 0.5) is 13.2 Å². The molecule has 0 aromatic heterocycles. The highest BCUT2D eigenvalue weighted by Gasteiger charge is 2.26. The van der Waals surface area contributed by atoms with Crippen LogP contribution in [0.2, 0.25) is 0 Å².